The second-order valence-corrected chi connectivity index (χ2v) is 10.2. The lowest BCUT2D eigenvalue weighted by Crippen LogP contribution is -2.45. The van der Waals surface area contributed by atoms with Crippen molar-refractivity contribution in [1.82, 2.24) is 4.31 Å². The molecular weight excluding hydrogens is 455 g/mol. The van der Waals surface area contributed by atoms with Gasteiger partial charge in [0.1, 0.15) is 17.3 Å². The third-order valence-corrected chi connectivity index (χ3v) is 7.73. The fraction of sp³-hybridized carbons (Fsp3) is 0.269. The highest BCUT2D eigenvalue weighted by atomic mass is 32.2. The molecule has 0 atom stereocenters. The van der Waals surface area contributed by atoms with E-state index in [4.69, 9.17) is 4.74 Å². The van der Waals surface area contributed by atoms with Gasteiger partial charge >= 0.3 is 0 Å². The Hall–Kier alpha value is -3.23. The van der Waals surface area contributed by atoms with Crippen molar-refractivity contribution in [2.45, 2.75) is 43.0 Å². The Morgan fingerprint density at radius 1 is 0.882 bits per heavy atom. The van der Waals surface area contributed by atoms with Crippen LogP contribution in [0.25, 0.3) is 0 Å². The zero-order valence-corrected chi connectivity index (χ0v) is 19.5. The fourth-order valence-corrected chi connectivity index (χ4v) is 5.74. The number of ether oxygens (including phenoxy) is 1. The molecule has 4 rings (SSSR count). The minimum atomic E-state index is -3.96. The van der Waals surface area contributed by atoms with Crippen LogP contribution in [0.4, 0.5) is 10.1 Å². The minimum absolute atomic E-state index is 0.0188. The number of nitrogens with one attached hydrogen (secondary N) is 1. The third kappa shape index (κ3) is 6.01. The number of carbonyl (C=O) groups excluding carboxylic acids is 1. The predicted molar refractivity (Wildman–Crippen MR) is 129 cm³/mol. The number of halogens is 1. The van der Waals surface area contributed by atoms with Crippen LogP contribution >= 0.6 is 0 Å². The van der Waals surface area contributed by atoms with Gasteiger partial charge in [-0.2, -0.15) is 4.31 Å². The van der Waals surface area contributed by atoms with Crippen molar-refractivity contribution in [2.75, 3.05) is 11.9 Å². The van der Waals surface area contributed by atoms with E-state index in [1.54, 1.807) is 24.3 Å². The first-order chi connectivity index (χ1) is 16.4. The van der Waals surface area contributed by atoms with Gasteiger partial charge in [0.15, 0.2) is 0 Å². The Morgan fingerprint density at radius 2 is 1.50 bits per heavy atom. The molecule has 0 bridgehead atoms. The highest BCUT2D eigenvalue weighted by molar-refractivity contribution is 7.89. The Bertz CT molecular complexity index is 1190. The lowest BCUT2D eigenvalue weighted by Gasteiger charge is -2.33. The average molecular weight is 483 g/mol. The van der Waals surface area contributed by atoms with Gasteiger partial charge in [0.25, 0.3) is 0 Å². The number of amides is 1. The van der Waals surface area contributed by atoms with Crippen molar-refractivity contribution < 1.29 is 22.3 Å². The first kappa shape index (κ1) is 23.9. The highest BCUT2D eigenvalue weighted by Crippen LogP contribution is 2.28. The van der Waals surface area contributed by atoms with Crippen LogP contribution in [0.15, 0.2) is 83.8 Å². The molecule has 1 aliphatic rings. The number of hydrogen-bond donors (Lipinski definition) is 1. The molecule has 0 saturated heterocycles. The monoisotopic (exact) mass is 482 g/mol. The van der Waals surface area contributed by atoms with E-state index in [0.717, 1.165) is 31.4 Å². The Morgan fingerprint density at radius 3 is 2.15 bits per heavy atom. The van der Waals surface area contributed by atoms with Gasteiger partial charge in [0, 0.05) is 11.7 Å². The van der Waals surface area contributed by atoms with Crippen molar-refractivity contribution in [3.8, 4) is 11.5 Å². The van der Waals surface area contributed by atoms with Gasteiger partial charge in [0.2, 0.25) is 15.9 Å². The molecule has 1 N–H and O–H groups in total. The number of nitrogens with zero attached hydrogens (tertiary/aromatic N) is 1. The number of hydrogen-bond acceptors (Lipinski definition) is 4. The van der Waals surface area contributed by atoms with Gasteiger partial charge in [-0.1, -0.05) is 37.5 Å². The van der Waals surface area contributed by atoms with Crippen molar-refractivity contribution in [2.24, 2.45) is 0 Å². The summed E-state index contributed by atoms with van der Waals surface area (Å²) in [5.41, 5.74) is 0.535. The van der Waals surface area contributed by atoms with Crippen LogP contribution < -0.4 is 10.1 Å². The molecule has 34 heavy (non-hydrogen) atoms. The normalized spacial score (nSPS) is 14.6. The molecule has 6 nitrogen and oxygen atoms in total. The topological polar surface area (TPSA) is 75.7 Å². The quantitative estimate of drug-likeness (QED) is 0.455. The second kappa shape index (κ2) is 10.8. The second-order valence-electron chi connectivity index (χ2n) is 8.28. The molecule has 1 aliphatic carbocycles. The molecule has 0 unspecified atom stereocenters. The van der Waals surface area contributed by atoms with E-state index in [-0.39, 0.29) is 17.5 Å². The van der Waals surface area contributed by atoms with Gasteiger partial charge in [-0.05, 0) is 73.5 Å². The molecule has 0 heterocycles. The molecule has 8 heteroatoms. The average Bonchev–Trinajstić information content (AvgIpc) is 2.85. The van der Waals surface area contributed by atoms with Gasteiger partial charge < -0.3 is 10.1 Å². The van der Waals surface area contributed by atoms with Crippen molar-refractivity contribution in [3.63, 3.8) is 0 Å². The van der Waals surface area contributed by atoms with Gasteiger partial charge in [-0.25, -0.2) is 12.8 Å². The number of sulfonamides is 1. The van der Waals surface area contributed by atoms with Crippen molar-refractivity contribution in [3.05, 3.63) is 84.7 Å². The van der Waals surface area contributed by atoms with E-state index in [0.29, 0.717) is 30.0 Å². The number of anilines is 1. The third-order valence-electron chi connectivity index (χ3n) is 5.82. The fourth-order valence-electron chi connectivity index (χ4n) is 4.09. The predicted octanol–water partition coefficient (Wildman–Crippen LogP) is 5.58. The summed E-state index contributed by atoms with van der Waals surface area (Å²) in [6, 6.07) is 20.7. The van der Waals surface area contributed by atoms with Gasteiger partial charge in [-0.15, -0.1) is 0 Å². The molecule has 0 spiro atoms. The van der Waals surface area contributed by atoms with E-state index in [9.17, 15) is 17.6 Å². The van der Waals surface area contributed by atoms with Crippen LogP contribution in [-0.2, 0) is 14.8 Å². The van der Waals surface area contributed by atoms with E-state index >= 15 is 0 Å². The van der Waals surface area contributed by atoms with Crippen LogP contribution in [0, 0.1) is 5.82 Å². The standard InChI is InChI=1S/C26H27FN2O4S/c27-20-11-17-25(18-12-20)34(31,32)29(22-7-3-1-4-8-22)19-26(30)28-21-13-15-24(16-14-21)33-23-9-5-2-6-10-23/h2,5-6,9-18,22H,1,3-4,7-8,19H2,(H,28,30). The van der Waals surface area contributed by atoms with E-state index in [1.807, 2.05) is 30.3 Å². The summed E-state index contributed by atoms with van der Waals surface area (Å²) < 4.78 is 47.1. The lowest BCUT2D eigenvalue weighted by atomic mass is 9.95. The minimum Gasteiger partial charge on any atom is -0.457 e. The van der Waals surface area contributed by atoms with Crippen LogP contribution in [-0.4, -0.2) is 31.2 Å². The molecule has 1 amide bonds. The molecular formula is C26H27FN2O4S. The van der Waals surface area contributed by atoms with E-state index < -0.39 is 21.7 Å². The molecule has 3 aromatic rings. The summed E-state index contributed by atoms with van der Waals surface area (Å²) in [5, 5.41) is 2.77. The van der Waals surface area contributed by atoms with Crippen molar-refractivity contribution >= 4 is 21.6 Å². The number of benzene rings is 3. The summed E-state index contributed by atoms with van der Waals surface area (Å²) in [6.45, 7) is -0.313. The SMILES string of the molecule is O=C(CN(C1CCCCC1)S(=O)(=O)c1ccc(F)cc1)Nc1ccc(Oc2ccccc2)cc1. The molecule has 1 fully saturated rings. The van der Waals surface area contributed by atoms with Crippen LogP contribution in [0.3, 0.4) is 0 Å². The zero-order valence-electron chi connectivity index (χ0n) is 18.7. The van der Waals surface area contributed by atoms with Gasteiger partial charge in [0.05, 0.1) is 11.4 Å². The van der Waals surface area contributed by atoms with E-state index in [1.165, 1.54) is 16.4 Å². The summed E-state index contributed by atoms with van der Waals surface area (Å²) in [6.07, 6.45) is 4.25. The first-order valence-electron chi connectivity index (χ1n) is 11.3. The molecule has 178 valence electrons. The zero-order chi connectivity index (χ0) is 24.0. The maximum atomic E-state index is 13.4. The highest BCUT2D eigenvalue weighted by Gasteiger charge is 2.34. The number of para-hydroxylation sites is 1. The number of carbonyl (C=O) groups is 1. The smallest absolute Gasteiger partial charge is 0.243 e. The molecule has 0 aromatic heterocycles. The Labute approximate surface area is 199 Å². The maximum Gasteiger partial charge on any atom is 0.243 e. The van der Waals surface area contributed by atoms with Crippen molar-refractivity contribution in [1.29, 1.82) is 0 Å². The summed E-state index contributed by atoms with van der Waals surface area (Å²) in [7, 11) is -3.96. The molecule has 0 aliphatic heterocycles. The Balaban J connectivity index is 1.46. The molecule has 0 radical (unpaired) electrons. The summed E-state index contributed by atoms with van der Waals surface area (Å²) in [5.74, 6) is 0.369. The van der Waals surface area contributed by atoms with Crippen LogP contribution in [0.2, 0.25) is 0 Å². The maximum absolute atomic E-state index is 13.4. The Kier molecular flexibility index (Phi) is 7.59. The van der Waals surface area contributed by atoms with Gasteiger partial charge in [-0.3, -0.25) is 4.79 Å². The summed E-state index contributed by atoms with van der Waals surface area (Å²) >= 11 is 0. The summed E-state index contributed by atoms with van der Waals surface area (Å²) in [4.78, 5) is 12.8. The molecule has 1 saturated carbocycles. The van der Waals surface area contributed by atoms with Crippen LogP contribution in [0.5, 0.6) is 11.5 Å². The lowest BCUT2D eigenvalue weighted by molar-refractivity contribution is -0.116. The molecule has 3 aromatic carbocycles. The largest absolute Gasteiger partial charge is 0.457 e. The van der Waals surface area contributed by atoms with E-state index in [2.05, 4.69) is 5.32 Å². The van der Waals surface area contributed by atoms with Crippen LogP contribution in [0.1, 0.15) is 32.1 Å². The first-order valence-corrected chi connectivity index (χ1v) is 12.8. The number of rotatable bonds is 8.